The molecule has 3 unspecified atom stereocenters. The average molecular weight is 463 g/mol. The molecule has 0 saturated carbocycles. The Balaban J connectivity index is 1.51. The van der Waals surface area contributed by atoms with E-state index < -0.39 is 11.6 Å². The van der Waals surface area contributed by atoms with Gasteiger partial charge in [-0.25, -0.2) is 9.48 Å². The molecule has 1 fully saturated rings. The number of likely N-dealkylation sites (tertiary alicyclic amines) is 1. The van der Waals surface area contributed by atoms with Crippen molar-refractivity contribution in [2.45, 2.75) is 57.6 Å². The lowest BCUT2D eigenvalue weighted by molar-refractivity contribution is -0.137. The third kappa shape index (κ3) is 4.02. The van der Waals surface area contributed by atoms with Gasteiger partial charge in [-0.05, 0) is 73.9 Å². The van der Waals surface area contributed by atoms with Gasteiger partial charge in [0.15, 0.2) is 0 Å². The van der Waals surface area contributed by atoms with Crippen molar-refractivity contribution >= 4 is 23.1 Å². The summed E-state index contributed by atoms with van der Waals surface area (Å²) < 4.78 is 7.38. The summed E-state index contributed by atoms with van der Waals surface area (Å²) in [6, 6.07) is 12.0. The van der Waals surface area contributed by atoms with Gasteiger partial charge >= 0.3 is 12.1 Å². The molecule has 1 N–H and O–H groups in total. The van der Waals surface area contributed by atoms with Crippen molar-refractivity contribution in [2.24, 2.45) is 13.0 Å². The minimum atomic E-state index is -0.862. The highest BCUT2D eigenvalue weighted by Gasteiger charge is 2.45. The van der Waals surface area contributed by atoms with Crippen LogP contribution in [0.5, 0.6) is 0 Å². The molecular formula is C26H30N4O4. The maximum absolute atomic E-state index is 12.9. The topological polar surface area (TPSA) is 97.5 Å². The van der Waals surface area contributed by atoms with E-state index in [0.717, 1.165) is 40.6 Å². The summed E-state index contributed by atoms with van der Waals surface area (Å²) in [5, 5.41) is 18.0. The van der Waals surface area contributed by atoms with Crippen LogP contribution in [0, 0.1) is 5.92 Å². The van der Waals surface area contributed by atoms with Gasteiger partial charge in [-0.2, -0.15) is 0 Å². The van der Waals surface area contributed by atoms with Gasteiger partial charge < -0.3 is 14.7 Å². The Kier molecular flexibility index (Phi) is 5.34. The van der Waals surface area contributed by atoms with E-state index in [1.807, 2.05) is 57.0 Å². The van der Waals surface area contributed by atoms with Gasteiger partial charge in [-0.15, -0.1) is 5.10 Å². The first-order valence-corrected chi connectivity index (χ1v) is 11.7. The summed E-state index contributed by atoms with van der Waals surface area (Å²) >= 11 is 0. The van der Waals surface area contributed by atoms with Gasteiger partial charge in [0, 0.05) is 19.5 Å². The molecule has 0 radical (unpaired) electrons. The molecule has 178 valence electrons. The van der Waals surface area contributed by atoms with Crippen molar-refractivity contribution in [3.05, 3.63) is 58.7 Å². The van der Waals surface area contributed by atoms with Gasteiger partial charge in [0.1, 0.15) is 11.1 Å². The molecule has 5 rings (SSSR count). The van der Waals surface area contributed by atoms with Crippen molar-refractivity contribution in [1.29, 1.82) is 0 Å². The van der Waals surface area contributed by atoms with Crippen LogP contribution in [0.2, 0.25) is 0 Å². The van der Waals surface area contributed by atoms with E-state index in [-0.39, 0.29) is 24.5 Å². The highest BCUT2D eigenvalue weighted by Crippen LogP contribution is 2.48. The van der Waals surface area contributed by atoms with Gasteiger partial charge in [0.2, 0.25) is 0 Å². The first kappa shape index (κ1) is 22.4. The zero-order valence-electron chi connectivity index (χ0n) is 20.0. The monoisotopic (exact) mass is 462 g/mol. The predicted molar refractivity (Wildman–Crippen MR) is 127 cm³/mol. The van der Waals surface area contributed by atoms with Crippen molar-refractivity contribution in [1.82, 2.24) is 19.9 Å². The van der Waals surface area contributed by atoms with Crippen LogP contribution >= 0.6 is 0 Å². The number of carboxylic acids is 1. The van der Waals surface area contributed by atoms with E-state index in [1.54, 1.807) is 4.68 Å². The number of nitrogens with zero attached hydrogens (tertiary/aromatic N) is 4. The molecule has 0 spiro atoms. The van der Waals surface area contributed by atoms with Crippen LogP contribution in [-0.4, -0.2) is 49.2 Å². The summed E-state index contributed by atoms with van der Waals surface area (Å²) in [6.45, 7) is 6.31. The lowest BCUT2D eigenvalue weighted by atomic mass is 9.86. The Morgan fingerprint density at radius 3 is 2.65 bits per heavy atom. The number of aromatic nitrogens is 3. The zero-order chi connectivity index (χ0) is 24.2. The summed E-state index contributed by atoms with van der Waals surface area (Å²) in [7, 11) is 1.83. The number of carbonyl (C=O) groups excluding carboxylic acids is 1. The molecule has 0 bridgehead atoms. The molecule has 8 heteroatoms. The van der Waals surface area contributed by atoms with E-state index in [2.05, 4.69) is 22.4 Å². The fourth-order valence-electron chi connectivity index (χ4n) is 5.47. The number of hydrogen-bond donors (Lipinski definition) is 1. The smallest absolute Gasteiger partial charge is 0.410 e. The number of ether oxygens (including phenoxy) is 1. The van der Waals surface area contributed by atoms with Crippen LogP contribution in [0.4, 0.5) is 4.79 Å². The molecule has 3 aromatic rings. The molecule has 1 aliphatic heterocycles. The molecular weight excluding hydrogens is 432 g/mol. The average Bonchev–Trinajstić information content (AvgIpc) is 3.43. The van der Waals surface area contributed by atoms with Crippen LogP contribution in [0.25, 0.3) is 11.0 Å². The van der Waals surface area contributed by atoms with Crippen molar-refractivity contribution < 1.29 is 19.4 Å². The molecule has 1 saturated heterocycles. The molecule has 1 amide bonds. The second-order valence-electron chi connectivity index (χ2n) is 10.4. The van der Waals surface area contributed by atoms with Gasteiger partial charge in [-0.1, -0.05) is 29.5 Å². The fraction of sp³-hybridized carbons (Fsp3) is 0.462. The van der Waals surface area contributed by atoms with E-state index in [9.17, 15) is 14.7 Å². The Labute approximate surface area is 198 Å². The fourth-order valence-corrected chi connectivity index (χ4v) is 5.47. The molecule has 1 aliphatic carbocycles. The minimum absolute atomic E-state index is 0.0299. The lowest BCUT2D eigenvalue weighted by Gasteiger charge is -2.29. The van der Waals surface area contributed by atoms with E-state index in [1.165, 1.54) is 5.56 Å². The standard InChI is InChI=1S/C26H30N4O4/c1-26(2,3)34-25(33)30-10-9-18-11-15-5-6-16(12-20(15)24(18)30)19(14-23(31)32)17-7-8-22-21(13-17)27-28-29(22)4/h5-8,12-13,18-19,24H,9-11,14H2,1-4H3,(H,31,32). The number of fused-ring (bicyclic) bond motifs is 4. The second-order valence-corrected chi connectivity index (χ2v) is 10.4. The Hall–Kier alpha value is -3.42. The van der Waals surface area contributed by atoms with Crippen LogP contribution in [-0.2, 0) is 23.0 Å². The third-order valence-corrected chi connectivity index (χ3v) is 6.94. The molecule has 2 aliphatic rings. The van der Waals surface area contributed by atoms with Crippen LogP contribution in [0.15, 0.2) is 36.4 Å². The van der Waals surface area contributed by atoms with Crippen LogP contribution < -0.4 is 0 Å². The third-order valence-electron chi connectivity index (χ3n) is 6.94. The molecule has 8 nitrogen and oxygen atoms in total. The number of hydrogen-bond acceptors (Lipinski definition) is 5. The Bertz CT molecular complexity index is 1280. The number of rotatable bonds is 4. The summed E-state index contributed by atoms with van der Waals surface area (Å²) in [6.07, 6.45) is 1.55. The zero-order valence-corrected chi connectivity index (χ0v) is 20.0. The van der Waals surface area contributed by atoms with Crippen LogP contribution in [0.3, 0.4) is 0 Å². The summed E-state index contributed by atoms with van der Waals surface area (Å²) in [5.74, 6) is -0.824. The summed E-state index contributed by atoms with van der Waals surface area (Å²) in [5.41, 5.74) is 5.25. The number of carbonyl (C=O) groups is 2. The normalized spacial score (nSPS) is 20.3. The molecule has 2 heterocycles. The first-order chi connectivity index (χ1) is 16.1. The van der Waals surface area contributed by atoms with E-state index >= 15 is 0 Å². The number of carboxylic acid groups (broad SMARTS) is 1. The number of amides is 1. The van der Waals surface area contributed by atoms with E-state index in [0.29, 0.717) is 12.5 Å². The lowest BCUT2D eigenvalue weighted by Crippen LogP contribution is -2.36. The SMILES string of the molecule is Cn1nnc2cc(C(CC(=O)O)c3ccc4c(c3)C3C(CCN3C(=O)OC(C)(C)C)C4)ccc21. The maximum atomic E-state index is 12.9. The quantitative estimate of drug-likeness (QED) is 0.616. The molecule has 3 atom stereocenters. The highest BCUT2D eigenvalue weighted by molar-refractivity contribution is 5.76. The number of benzene rings is 2. The summed E-state index contributed by atoms with van der Waals surface area (Å²) in [4.78, 5) is 26.6. The van der Waals surface area contributed by atoms with Gasteiger partial charge in [0.25, 0.3) is 0 Å². The van der Waals surface area contributed by atoms with Crippen molar-refractivity contribution in [3.63, 3.8) is 0 Å². The second kappa shape index (κ2) is 8.11. The number of aryl methyl sites for hydroxylation is 1. The first-order valence-electron chi connectivity index (χ1n) is 11.7. The highest BCUT2D eigenvalue weighted by atomic mass is 16.6. The van der Waals surface area contributed by atoms with Gasteiger partial charge in [-0.3, -0.25) is 4.79 Å². The van der Waals surface area contributed by atoms with Crippen molar-refractivity contribution in [2.75, 3.05) is 6.54 Å². The maximum Gasteiger partial charge on any atom is 0.410 e. The largest absolute Gasteiger partial charge is 0.481 e. The van der Waals surface area contributed by atoms with Crippen molar-refractivity contribution in [3.8, 4) is 0 Å². The predicted octanol–water partition coefficient (Wildman–Crippen LogP) is 4.43. The van der Waals surface area contributed by atoms with Crippen LogP contribution in [0.1, 0.15) is 67.8 Å². The minimum Gasteiger partial charge on any atom is -0.481 e. The Morgan fingerprint density at radius 1 is 1.18 bits per heavy atom. The Morgan fingerprint density at radius 2 is 1.91 bits per heavy atom. The molecule has 34 heavy (non-hydrogen) atoms. The number of aliphatic carboxylic acids is 1. The van der Waals surface area contributed by atoms with Gasteiger partial charge in [0.05, 0.1) is 18.0 Å². The molecule has 2 aromatic carbocycles. The van der Waals surface area contributed by atoms with E-state index in [4.69, 9.17) is 4.74 Å². The molecule has 1 aromatic heterocycles.